The summed E-state index contributed by atoms with van der Waals surface area (Å²) in [6, 6.07) is 8.53. The number of piperazine rings is 1. The van der Waals surface area contributed by atoms with Gasteiger partial charge in [-0.25, -0.2) is 4.79 Å². The molecule has 2 amide bonds. The summed E-state index contributed by atoms with van der Waals surface area (Å²) in [6.07, 6.45) is 3.31. The highest BCUT2D eigenvalue weighted by atomic mass is 16.5. The fraction of sp³-hybridized carbons (Fsp3) is 0.611. The van der Waals surface area contributed by atoms with Crippen molar-refractivity contribution in [1.29, 1.82) is 0 Å². The summed E-state index contributed by atoms with van der Waals surface area (Å²) in [5.41, 5.74) is 1.19. The van der Waals surface area contributed by atoms with E-state index in [0.717, 1.165) is 51.3 Å². The monoisotopic (exact) mass is 317 g/mol. The Balaban J connectivity index is 1.76. The normalized spacial score (nSPS) is 23.0. The first kappa shape index (κ1) is 16.1. The molecule has 2 saturated heterocycles. The molecule has 5 nitrogen and oxygen atoms in total. The number of carbonyl (C=O) groups excluding carboxylic acids is 1. The number of likely N-dealkylation sites (tertiary alicyclic amines) is 1. The van der Waals surface area contributed by atoms with Gasteiger partial charge in [0.15, 0.2) is 0 Å². The number of carbonyl (C=O) groups is 1. The maximum absolute atomic E-state index is 13.0. The number of amides is 2. The van der Waals surface area contributed by atoms with Crippen LogP contribution < -0.4 is 4.74 Å². The van der Waals surface area contributed by atoms with Gasteiger partial charge in [0, 0.05) is 32.7 Å². The van der Waals surface area contributed by atoms with E-state index in [2.05, 4.69) is 29.0 Å². The number of methoxy groups -OCH3 is 1. The number of benzene rings is 1. The van der Waals surface area contributed by atoms with Crippen molar-refractivity contribution in [2.24, 2.45) is 0 Å². The van der Waals surface area contributed by atoms with E-state index in [4.69, 9.17) is 4.74 Å². The Kier molecular flexibility index (Phi) is 5.06. The Hall–Kier alpha value is -1.75. The van der Waals surface area contributed by atoms with E-state index in [-0.39, 0.29) is 12.1 Å². The van der Waals surface area contributed by atoms with Crippen molar-refractivity contribution >= 4 is 6.03 Å². The van der Waals surface area contributed by atoms with Crippen molar-refractivity contribution in [3.8, 4) is 5.75 Å². The molecule has 0 aliphatic carbocycles. The summed E-state index contributed by atoms with van der Waals surface area (Å²) in [4.78, 5) is 19.4. The van der Waals surface area contributed by atoms with Gasteiger partial charge in [-0.05, 0) is 44.0 Å². The molecule has 1 atom stereocenters. The van der Waals surface area contributed by atoms with Crippen LogP contribution in [-0.2, 0) is 0 Å². The smallest absolute Gasteiger partial charge is 0.320 e. The van der Waals surface area contributed by atoms with Crippen LogP contribution in [0, 0.1) is 0 Å². The predicted molar refractivity (Wildman–Crippen MR) is 90.8 cm³/mol. The van der Waals surface area contributed by atoms with E-state index in [0.29, 0.717) is 0 Å². The molecule has 5 heteroatoms. The Labute approximate surface area is 138 Å². The number of hydrogen-bond donors (Lipinski definition) is 0. The van der Waals surface area contributed by atoms with Crippen molar-refractivity contribution < 1.29 is 9.53 Å². The largest absolute Gasteiger partial charge is 0.497 e. The summed E-state index contributed by atoms with van der Waals surface area (Å²) in [6.45, 7) is 4.44. The van der Waals surface area contributed by atoms with Crippen molar-refractivity contribution in [3.05, 3.63) is 29.8 Å². The minimum atomic E-state index is 0.172. The van der Waals surface area contributed by atoms with Gasteiger partial charge in [0.25, 0.3) is 0 Å². The lowest BCUT2D eigenvalue weighted by Crippen LogP contribution is -2.53. The summed E-state index contributed by atoms with van der Waals surface area (Å²) in [5.74, 6) is 0.861. The third-order valence-corrected chi connectivity index (χ3v) is 5.00. The molecule has 0 aromatic heterocycles. The topological polar surface area (TPSA) is 36.0 Å². The Morgan fingerprint density at radius 2 is 1.91 bits per heavy atom. The van der Waals surface area contributed by atoms with E-state index in [1.807, 2.05) is 17.0 Å². The second-order valence-corrected chi connectivity index (χ2v) is 6.55. The lowest BCUT2D eigenvalue weighted by Gasteiger charge is -2.41. The van der Waals surface area contributed by atoms with E-state index in [9.17, 15) is 4.79 Å². The van der Waals surface area contributed by atoms with Gasteiger partial charge in [0.05, 0.1) is 13.2 Å². The molecule has 23 heavy (non-hydrogen) atoms. The van der Waals surface area contributed by atoms with Crippen LogP contribution in [0.25, 0.3) is 0 Å². The molecule has 2 fully saturated rings. The lowest BCUT2D eigenvalue weighted by atomic mass is 9.95. The summed E-state index contributed by atoms with van der Waals surface area (Å²) in [5, 5.41) is 0. The lowest BCUT2D eigenvalue weighted by molar-refractivity contribution is 0.0949. The fourth-order valence-electron chi connectivity index (χ4n) is 3.54. The Bertz CT molecular complexity index is 541. The van der Waals surface area contributed by atoms with E-state index < -0.39 is 0 Å². The molecule has 2 aliphatic rings. The highest BCUT2D eigenvalue weighted by Crippen LogP contribution is 2.33. The van der Waals surface area contributed by atoms with Crippen LogP contribution in [0.4, 0.5) is 4.79 Å². The maximum atomic E-state index is 13.0. The van der Waals surface area contributed by atoms with Crippen LogP contribution in [0.15, 0.2) is 24.3 Å². The SMILES string of the molecule is COc1cccc(C2CCCCN2C(=O)N2CCN(C)CC2)c1. The van der Waals surface area contributed by atoms with Crippen LogP contribution in [0.2, 0.25) is 0 Å². The van der Waals surface area contributed by atoms with E-state index >= 15 is 0 Å². The van der Waals surface area contributed by atoms with Crippen LogP contribution in [0.1, 0.15) is 30.9 Å². The second-order valence-electron chi connectivity index (χ2n) is 6.55. The van der Waals surface area contributed by atoms with Gasteiger partial charge in [-0.3, -0.25) is 0 Å². The van der Waals surface area contributed by atoms with Crippen LogP contribution in [0.5, 0.6) is 5.75 Å². The van der Waals surface area contributed by atoms with Crippen LogP contribution >= 0.6 is 0 Å². The first-order chi connectivity index (χ1) is 11.2. The van der Waals surface area contributed by atoms with Gasteiger partial charge in [0.2, 0.25) is 0 Å². The molecule has 1 aromatic rings. The summed E-state index contributed by atoms with van der Waals surface area (Å²) < 4.78 is 5.35. The maximum Gasteiger partial charge on any atom is 0.320 e. The van der Waals surface area contributed by atoms with Crippen molar-refractivity contribution in [2.75, 3.05) is 46.9 Å². The van der Waals surface area contributed by atoms with Gasteiger partial charge in [0.1, 0.15) is 5.75 Å². The molecule has 0 saturated carbocycles. The Morgan fingerprint density at radius 3 is 2.65 bits per heavy atom. The molecule has 0 radical (unpaired) electrons. The summed E-state index contributed by atoms with van der Waals surface area (Å²) in [7, 11) is 3.80. The number of nitrogens with zero attached hydrogens (tertiary/aromatic N) is 3. The third kappa shape index (κ3) is 3.61. The number of ether oxygens (including phenoxy) is 1. The molecular formula is C18H27N3O2. The first-order valence-corrected chi connectivity index (χ1v) is 8.57. The quantitative estimate of drug-likeness (QED) is 0.841. The molecule has 1 unspecified atom stereocenters. The molecule has 1 aromatic carbocycles. The summed E-state index contributed by atoms with van der Waals surface area (Å²) >= 11 is 0. The molecule has 3 rings (SSSR count). The second kappa shape index (κ2) is 7.21. The first-order valence-electron chi connectivity index (χ1n) is 8.57. The highest BCUT2D eigenvalue weighted by Gasteiger charge is 2.32. The molecule has 2 heterocycles. The molecule has 0 spiro atoms. The van der Waals surface area contributed by atoms with Crippen LogP contribution in [0.3, 0.4) is 0 Å². The highest BCUT2D eigenvalue weighted by molar-refractivity contribution is 5.75. The number of piperidine rings is 1. The zero-order chi connectivity index (χ0) is 16.2. The van der Waals surface area contributed by atoms with Gasteiger partial charge in [-0.15, -0.1) is 0 Å². The van der Waals surface area contributed by atoms with Gasteiger partial charge in [-0.2, -0.15) is 0 Å². The van der Waals surface area contributed by atoms with Gasteiger partial charge in [-0.1, -0.05) is 12.1 Å². The molecular weight excluding hydrogens is 290 g/mol. The van der Waals surface area contributed by atoms with Crippen molar-refractivity contribution in [2.45, 2.75) is 25.3 Å². The fourth-order valence-corrected chi connectivity index (χ4v) is 3.54. The molecule has 0 bridgehead atoms. The molecule has 0 N–H and O–H groups in total. The minimum Gasteiger partial charge on any atom is -0.497 e. The minimum absolute atomic E-state index is 0.172. The van der Waals surface area contributed by atoms with Crippen molar-refractivity contribution in [3.63, 3.8) is 0 Å². The van der Waals surface area contributed by atoms with Gasteiger partial charge < -0.3 is 19.4 Å². The number of rotatable bonds is 2. The number of hydrogen-bond acceptors (Lipinski definition) is 3. The van der Waals surface area contributed by atoms with Crippen molar-refractivity contribution in [1.82, 2.24) is 14.7 Å². The average molecular weight is 317 g/mol. The van der Waals surface area contributed by atoms with Gasteiger partial charge >= 0.3 is 6.03 Å². The third-order valence-electron chi connectivity index (χ3n) is 5.00. The molecule has 2 aliphatic heterocycles. The van der Waals surface area contributed by atoms with Crippen LogP contribution in [-0.4, -0.2) is 67.6 Å². The zero-order valence-electron chi connectivity index (χ0n) is 14.2. The Morgan fingerprint density at radius 1 is 1.13 bits per heavy atom. The standard InChI is InChI=1S/C18H27N3O2/c1-19-10-12-20(13-11-19)18(22)21-9-4-3-8-17(21)15-6-5-7-16(14-15)23-2/h5-7,14,17H,3-4,8-13H2,1-2H3. The van der Waals surface area contributed by atoms with E-state index in [1.165, 1.54) is 12.0 Å². The predicted octanol–water partition coefficient (Wildman–Crippen LogP) is 2.59. The molecule has 126 valence electrons. The van der Waals surface area contributed by atoms with E-state index in [1.54, 1.807) is 7.11 Å². The number of likely N-dealkylation sites (N-methyl/N-ethyl adjacent to an activating group) is 1. The average Bonchev–Trinajstić information content (AvgIpc) is 2.62. The zero-order valence-corrected chi connectivity index (χ0v) is 14.2. The number of urea groups is 1.